The average molecular weight is 382 g/mol. The van der Waals surface area contributed by atoms with Crippen LogP contribution < -0.4 is 9.47 Å². The molecule has 1 aromatic heterocycles. The van der Waals surface area contributed by atoms with Crippen LogP contribution in [0.5, 0.6) is 11.5 Å². The third-order valence-electron chi connectivity index (χ3n) is 5.77. The van der Waals surface area contributed by atoms with Gasteiger partial charge in [-0.15, -0.1) is 0 Å². The van der Waals surface area contributed by atoms with Crippen LogP contribution in [0.25, 0.3) is 0 Å². The smallest absolute Gasteiger partial charge is 0.161 e. The van der Waals surface area contributed by atoms with Gasteiger partial charge in [0, 0.05) is 37.3 Å². The zero-order chi connectivity index (χ0) is 19.3. The van der Waals surface area contributed by atoms with Crippen LogP contribution in [0.3, 0.4) is 0 Å². The molecular formula is C23H31N3O2. The molecule has 2 heterocycles. The quantitative estimate of drug-likeness (QED) is 0.662. The Hall–Kier alpha value is -2.14. The number of hydrogen-bond acceptors (Lipinski definition) is 5. The fourth-order valence-electron chi connectivity index (χ4n) is 3.94. The van der Waals surface area contributed by atoms with E-state index in [1.807, 2.05) is 18.3 Å². The molecule has 1 saturated heterocycles. The molecule has 2 aromatic rings. The van der Waals surface area contributed by atoms with Gasteiger partial charge in [0.05, 0.1) is 13.7 Å². The Morgan fingerprint density at radius 1 is 1.11 bits per heavy atom. The van der Waals surface area contributed by atoms with Crippen molar-refractivity contribution in [3.05, 3.63) is 47.5 Å². The summed E-state index contributed by atoms with van der Waals surface area (Å²) in [6.45, 7) is 6.53. The van der Waals surface area contributed by atoms with Crippen molar-refractivity contribution in [1.82, 2.24) is 14.9 Å². The van der Waals surface area contributed by atoms with E-state index in [2.05, 4.69) is 33.9 Å². The molecule has 5 heteroatoms. The highest BCUT2D eigenvalue weighted by atomic mass is 16.5. The molecule has 1 unspecified atom stereocenters. The van der Waals surface area contributed by atoms with Crippen LogP contribution in [-0.2, 0) is 12.8 Å². The largest absolute Gasteiger partial charge is 0.493 e. The molecule has 1 saturated carbocycles. The SMILES string of the molecule is CCc1ccnc(Cc2ccc(OC)c(OCC3CCN(CC4CC4)C3)c2)n1. The first kappa shape index (κ1) is 19.2. The average Bonchev–Trinajstić information content (AvgIpc) is 3.42. The molecule has 150 valence electrons. The Morgan fingerprint density at radius 3 is 2.79 bits per heavy atom. The minimum absolute atomic E-state index is 0.608. The highest BCUT2D eigenvalue weighted by Gasteiger charge is 2.29. The van der Waals surface area contributed by atoms with Crippen LogP contribution >= 0.6 is 0 Å². The molecule has 0 N–H and O–H groups in total. The summed E-state index contributed by atoms with van der Waals surface area (Å²) < 4.78 is 11.7. The third kappa shape index (κ3) is 5.02. The summed E-state index contributed by atoms with van der Waals surface area (Å²) >= 11 is 0. The predicted molar refractivity (Wildman–Crippen MR) is 110 cm³/mol. The maximum Gasteiger partial charge on any atom is 0.161 e. The van der Waals surface area contributed by atoms with Crippen molar-refractivity contribution in [1.29, 1.82) is 0 Å². The van der Waals surface area contributed by atoms with E-state index in [-0.39, 0.29) is 0 Å². The number of nitrogens with zero attached hydrogens (tertiary/aromatic N) is 3. The number of aromatic nitrogens is 2. The molecule has 5 nitrogen and oxygen atoms in total. The first-order valence-corrected chi connectivity index (χ1v) is 10.6. The Balaban J connectivity index is 1.37. The Morgan fingerprint density at radius 2 is 2.00 bits per heavy atom. The predicted octanol–water partition coefficient (Wildman–Crippen LogP) is 3.75. The van der Waals surface area contributed by atoms with Gasteiger partial charge in [0.1, 0.15) is 5.82 Å². The lowest BCUT2D eigenvalue weighted by Gasteiger charge is -2.17. The van der Waals surface area contributed by atoms with E-state index in [0.717, 1.165) is 54.1 Å². The summed E-state index contributed by atoms with van der Waals surface area (Å²) in [7, 11) is 1.70. The number of methoxy groups -OCH3 is 1. The summed E-state index contributed by atoms with van der Waals surface area (Å²) in [5.41, 5.74) is 2.22. The van der Waals surface area contributed by atoms with Crippen molar-refractivity contribution in [2.75, 3.05) is 33.4 Å². The van der Waals surface area contributed by atoms with Crippen molar-refractivity contribution in [3.8, 4) is 11.5 Å². The van der Waals surface area contributed by atoms with Gasteiger partial charge in [-0.05, 0) is 61.9 Å². The van der Waals surface area contributed by atoms with E-state index in [1.165, 1.54) is 32.4 Å². The fraction of sp³-hybridized carbons (Fsp3) is 0.565. The molecule has 2 fully saturated rings. The van der Waals surface area contributed by atoms with E-state index in [1.54, 1.807) is 7.11 Å². The van der Waals surface area contributed by atoms with E-state index >= 15 is 0 Å². The van der Waals surface area contributed by atoms with Crippen LogP contribution in [0.15, 0.2) is 30.5 Å². The molecular weight excluding hydrogens is 350 g/mol. The van der Waals surface area contributed by atoms with Gasteiger partial charge in [-0.1, -0.05) is 13.0 Å². The summed E-state index contributed by atoms with van der Waals surface area (Å²) in [5.74, 6) is 4.04. The molecule has 4 rings (SSSR count). The van der Waals surface area contributed by atoms with Crippen LogP contribution in [0.1, 0.15) is 43.3 Å². The normalized spacial score (nSPS) is 19.7. The van der Waals surface area contributed by atoms with Gasteiger partial charge in [-0.3, -0.25) is 0 Å². The van der Waals surface area contributed by atoms with Gasteiger partial charge in [-0.2, -0.15) is 0 Å². The molecule has 1 aliphatic carbocycles. The van der Waals surface area contributed by atoms with E-state index < -0.39 is 0 Å². The Kier molecular flexibility index (Phi) is 6.10. The second-order valence-corrected chi connectivity index (χ2v) is 8.15. The first-order valence-electron chi connectivity index (χ1n) is 10.6. The van der Waals surface area contributed by atoms with E-state index in [0.29, 0.717) is 12.3 Å². The molecule has 0 radical (unpaired) electrons. The highest BCUT2D eigenvalue weighted by molar-refractivity contribution is 5.43. The maximum absolute atomic E-state index is 6.21. The van der Waals surface area contributed by atoms with Gasteiger partial charge in [0.2, 0.25) is 0 Å². The second-order valence-electron chi connectivity index (χ2n) is 8.15. The molecule has 1 aromatic carbocycles. The van der Waals surface area contributed by atoms with Crippen LogP contribution in [0, 0.1) is 11.8 Å². The summed E-state index contributed by atoms with van der Waals surface area (Å²) in [6, 6.07) is 8.11. The zero-order valence-electron chi connectivity index (χ0n) is 17.1. The van der Waals surface area contributed by atoms with E-state index in [9.17, 15) is 0 Å². The minimum atomic E-state index is 0.608. The van der Waals surface area contributed by atoms with Crippen LogP contribution in [-0.4, -0.2) is 48.2 Å². The summed E-state index contributed by atoms with van der Waals surface area (Å²) in [6.07, 6.45) is 7.54. The Labute approximate surface area is 168 Å². The Bertz CT molecular complexity index is 791. The minimum Gasteiger partial charge on any atom is -0.493 e. The molecule has 1 atom stereocenters. The van der Waals surface area contributed by atoms with Crippen molar-refractivity contribution >= 4 is 0 Å². The summed E-state index contributed by atoms with van der Waals surface area (Å²) in [4.78, 5) is 11.6. The van der Waals surface area contributed by atoms with Crippen molar-refractivity contribution in [3.63, 3.8) is 0 Å². The molecule has 28 heavy (non-hydrogen) atoms. The number of ether oxygens (including phenoxy) is 2. The molecule has 0 amide bonds. The lowest BCUT2D eigenvalue weighted by atomic mass is 10.1. The monoisotopic (exact) mass is 381 g/mol. The van der Waals surface area contributed by atoms with Crippen molar-refractivity contribution in [2.45, 2.75) is 39.0 Å². The van der Waals surface area contributed by atoms with Crippen LogP contribution in [0.4, 0.5) is 0 Å². The van der Waals surface area contributed by atoms with Gasteiger partial charge in [-0.25, -0.2) is 9.97 Å². The highest BCUT2D eigenvalue weighted by Crippen LogP contribution is 2.33. The molecule has 1 aliphatic heterocycles. The lowest BCUT2D eigenvalue weighted by molar-refractivity contribution is 0.230. The third-order valence-corrected chi connectivity index (χ3v) is 5.77. The fourth-order valence-corrected chi connectivity index (χ4v) is 3.94. The molecule has 0 spiro atoms. The topological polar surface area (TPSA) is 47.5 Å². The van der Waals surface area contributed by atoms with Crippen molar-refractivity contribution < 1.29 is 9.47 Å². The van der Waals surface area contributed by atoms with Crippen LogP contribution in [0.2, 0.25) is 0 Å². The zero-order valence-corrected chi connectivity index (χ0v) is 17.1. The maximum atomic E-state index is 6.21. The molecule has 0 bridgehead atoms. The number of rotatable bonds is 9. The number of benzene rings is 1. The van der Waals surface area contributed by atoms with Gasteiger partial charge in [0.25, 0.3) is 0 Å². The van der Waals surface area contributed by atoms with Gasteiger partial charge in [0.15, 0.2) is 11.5 Å². The molecule has 2 aliphatic rings. The first-order chi connectivity index (χ1) is 13.7. The van der Waals surface area contributed by atoms with E-state index in [4.69, 9.17) is 9.47 Å². The van der Waals surface area contributed by atoms with Gasteiger partial charge >= 0.3 is 0 Å². The lowest BCUT2D eigenvalue weighted by Crippen LogP contribution is -2.24. The number of hydrogen-bond donors (Lipinski definition) is 0. The number of likely N-dealkylation sites (tertiary alicyclic amines) is 1. The van der Waals surface area contributed by atoms with Crippen molar-refractivity contribution in [2.24, 2.45) is 11.8 Å². The second kappa shape index (κ2) is 8.91. The number of aryl methyl sites for hydroxylation is 1. The summed E-state index contributed by atoms with van der Waals surface area (Å²) in [5, 5.41) is 0. The standard InChI is InChI=1S/C23H31N3O2/c1-3-20-8-10-24-23(25-20)13-18-6-7-21(27-2)22(12-18)28-16-19-9-11-26(15-19)14-17-4-5-17/h6-8,10,12,17,19H,3-5,9,11,13-16H2,1-2H3. The van der Waals surface area contributed by atoms with Gasteiger partial charge < -0.3 is 14.4 Å².